The molecular formula is C23H17Cl2N3O2S2. The van der Waals surface area contributed by atoms with Crippen molar-refractivity contribution in [2.75, 3.05) is 0 Å². The predicted octanol–water partition coefficient (Wildman–Crippen LogP) is 7.45. The number of halogens is 2. The van der Waals surface area contributed by atoms with Gasteiger partial charge in [0.1, 0.15) is 0 Å². The van der Waals surface area contributed by atoms with E-state index in [1.54, 1.807) is 11.8 Å². The normalized spacial score (nSPS) is 14.8. The molecule has 3 heterocycles. The van der Waals surface area contributed by atoms with Crippen LogP contribution < -0.4 is 0 Å². The van der Waals surface area contributed by atoms with E-state index in [1.807, 2.05) is 50.2 Å². The Hall–Kier alpha value is -2.32. The molecule has 1 unspecified atom stereocenters. The Morgan fingerprint density at radius 2 is 1.81 bits per heavy atom. The zero-order chi connectivity index (χ0) is 22.7. The van der Waals surface area contributed by atoms with Crippen LogP contribution in [0.4, 0.5) is 0 Å². The van der Waals surface area contributed by atoms with Gasteiger partial charge in [0.25, 0.3) is 0 Å². The maximum absolute atomic E-state index is 12.3. The largest absolute Gasteiger partial charge is 0.476 e. The van der Waals surface area contributed by atoms with Crippen molar-refractivity contribution in [3.63, 3.8) is 0 Å². The van der Waals surface area contributed by atoms with Crippen LogP contribution in [0.15, 0.2) is 40.6 Å². The molecule has 162 valence electrons. The van der Waals surface area contributed by atoms with Gasteiger partial charge in [-0.25, -0.2) is 9.78 Å². The Morgan fingerprint density at radius 3 is 2.50 bits per heavy atom. The van der Waals surface area contributed by atoms with E-state index in [0.717, 1.165) is 32.2 Å². The molecule has 2 aromatic carbocycles. The van der Waals surface area contributed by atoms with E-state index in [-0.39, 0.29) is 10.9 Å². The number of thiazole rings is 1. The van der Waals surface area contributed by atoms with Crippen molar-refractivity contribution in [2.45, 2.75) is 30.2 Å². The topological polar surface area (TPSA) is 68.0 Å². The molecule has 1 N–H and O–H groups in total. The first-order valence-electron chi connectivity index (χ1n) is 9.81. The number of aromatic carboxylic acids is 1. The third-order valence-electron chi connectivity index (χ3n) is 5.44. The van der Waals surface area contributed by atoms with Gasteiger partial charge in [-0.2, -0.15) is 9.78 Å². The lowest BCUT2D eigenvalue weighted by molar-refractivity contribution is 0.0688. The fourth-order valence-corrected chi connectivity index (χ4v) is 6.76. The molecule has 0 fully saturated rings. The average molecular weight is 502 g/mol. The van der Waals surface area contributed by atoms with Crippen LogP contribution in [-0.4, -0.2) is 25.8 Å². The minimum absolute atomic E-state index is 0.102. The van der Waals surface area contributed by atoms with Crippen molar-refractivity contribution in [3.8, 4) is 27.5 Å². The fourth-order valence-electron chi connectivity index (χ4n) is 3.89. The average Bonchev–Trinajstić information content (AvgIpc) is 3.31. The second-order valence-electron chi connectivity index (χ2n) is 7.64. The predicted molar refractivity (Wildman–Crippen MR) is 131 cm³/mol. The van der Waals surface area contributed by atoms with Crippen LogP contribution in [0, 0.1) is 13.8 Å². The van der Waals surface area contributed by atoms with E-state index in [0.29, 0.717) is 26.4 Å². The Bertz CT molecular complexity index is 1390. The highest BCUT2D eigenvalue weighted by Crippen LogP contribution is 2.53. The number of hydrogen-bond donors (Lipinski definition) is 1. The zero-order valence-electron chi connectivity index (χ0n) is 17.3. The lowest BCUT2D eigenvalue weighted by Crippen LogP contribution is -2.09. The summed E-state index contributed by atoms with van der Waals surface area (Å²) in [7, 11) is 0. The summed E-state index contributed by atoms with van der Waals surface area (Å²) < 4.78 is 2.44. The molecule has 1 aliphatic rings. The van der Waals surface area contributed by atoms with Gasteiger partial charge in [0.05, 0.1) is 25.6 Å². The summed E-state index contributed by atoms with van der Waals surface area (Å²) in [5.74, 6) is -1.05. The van der Waals surface area contributed by atoms with Gasteiger partial charge in [-0.05, 0) is 44.0 Å². The summed E-state index contributed by atoms with van der Waals surface area (Å²) >= 11 is 15.6. The van der Waals surface area contributed by atoms with Crippen molar-refractivity contribution >= 4 is 52.3 Å². The maximum atomic E-state index is 12.3. The molecule has 32 heavy (non-hydrogen) atoms. The maximum Gasteiger partial charge on any atom is 0.355 e. The molecule has 0 saturated carbocycles. The first kappa shape index (κ1) is 21.5. The molecule has 4 aromatic rings. The number of nitrogens with zero attached hydrogens (tertiary/aromatic N) is 3. The van der Waals surface area contributed by atoms with Crippen LogP contribution in [0.3, 0.4) is 0 Å². The number of fused-ring (bicyclic) bond motifs is 3. The number of carboxylic acids is 1. The van der Waals surface area contributed by atoms with Gasteiger partial charge < -0.3 is 5.11 Å². The molecule has 0 saturated heterocycles. The third kappa shape index (κ3) is 3.44. The standard InChI is InChI=1S/C23H17Cl2N3O2S2/c1-10-4-6-13(7-5-10)18-11(2)27-28(20(18)21(29)30)23-26-19-15-9-17(25)16(24)8-14(15)12(3)31-22(19)32-23/h4-9,12H,1-3H3,(H,29,30). The minimum Gasteiger partial charge on any atom is -0.476 e. The first-order valence-corrected chi connectivity index (χ1v) is 12.3. The van der Waals surface area contributed by atoms with Crippen molar-refractivity contribution < 1.29 is 9.90 Å². The van der Waals surface area contributed by atoms with E-state index >= 15 is 0 Å². The minimum atomic E-state index is -1.05. The summed E-state index contributed by atoms with van der Waals surface area (Å²) in [5, 5.41) is 16.3. The number of carbonyl (C=O) groups is 1. The van der Waals surface area contributed by atoms with Gasteiger partial charge >= 0.3 is 5.97 Å². The molecule has 5 nitrogen and oxygen atoms in total. The number of aromatic nitrogens is 3. The lowest BCUT2D eigenvalue weighted by Gasteiger charge is -2.21. The molecule has 1 atom stereocenters. The molecule has 0 amide bonds. The van der Waals surface area contributed by atoms with Gasteiger partial charge in [0.2, 0.25) is 5.13 Å². The summed E-state index contributed by atoms with van der Waals surface area (Å²) in [6, 6.07) is 11.5. The molecule has 9 heteroatoms. The van der Waals surface area contributed by atoms with Crippen molar-refractivity contribution in [1.29, 1.82) is 0 Å². The molecule has 0 bridgehead atoms. The van der Waals surface area contributed by atoms with Gasteiger partial charge in [-0.3, -0.25) is 0 Å². The molecule has 0 spiro atoms. The number of aryl methyl sites for hydroxylation is 2. The van der Waals surface area contributed by atoms with E-state index in [9.17, 15) is 9.90 Å². The number of hydrogen-bond acceptors (Lipinski definition) is 5. The number of rotatable bonds is 3. The van der Waals surface area contributed by atoms with Gasteiger partial charge in [-0.15, -0.1) is 11.8 Å². The van der Waals surface area contributed by atoms with Crippen molar-refractivity contribution in [3.05, 3.63) is 69.0 Å². The monoisotopic (exact) mass is 501 g/mol. The van der Waals surface area contributed by atoms with Gasteiger partial charge in [0.15, 0.2) is 5.69 Å². The van der Waals surface area contributed by atoms with Crippen LogP contribution in [0.5, 0.6) is 0 Å². The summed E-state index contributed by atoms with van der Waals surface area (Å²) in [6.45, 7) is 5.92. The lowest BCUT2D eigenvalue weighted by atomic mass is 10.0. The summed E-state index contributed by atoms with van der Waals surface area (Å²) in [6.07, 6.45) is 0. The highest BCUT2D eigenvalue weighted by atomic mass is 35.5. The van der Waals surface area contributed by atoms with Gasteiger partial charge in [-0.1, -0.05) is 64.4 Å². The number of benzene rings is 2. The van der Waals surface area contributed by atoms with Gasteiger partial charge in [0, 0.05) is 16.4 Å². The highest BCUT2D eigenvalue weighted by Gasteiger charge is 2.30. The number of thioether (sulfide) groups is 1. The number of carboxylic acid groups (broad SMARTS) is 1. The molecule has 0 radical (unpaired) electrons. The Kier molecular flexibility index (Phi) is 5.33. The third-order valence-corrected chi connectivity index (χ3v) is 8.54. The van der Waals surface area contributed by atoms with Crippen molar-refractivity contribution in [2.24, 2.45) is 0 Å². The van der Waals surface area contributed by atoms with Crippen molar-refractivity contribution in [1.82, 2.24) is 14.8 Å². The Balaban J connectivity index is 1.70. The smallest absolute Gasteiger partial charge is 0.355 e. The van der Waals surface area contributed by atoms with Crippen LogP contribution >= 0.6 is 46.3 Å². The molecular weight excluding hydrogens is 485 g/mol. The van der Waals surface area contributed by atoms with Crippen LogP contribution in [-0.2, 0) is 0 Å². The molecule has 5 rings (SSSR count). The van der Waals surface area contributed by atoms with E-state index in [1.165, 1.54) is 16.0 Å². The summed E-state index contributed by atoms with van der Waals surface area (Å²) in [4.78, 5) is 17.1. The van der Waals surface area contributed by atoms with E-state index < -0.39 is 5.97 Å². The van der Waals surface area contributed by atoms with Crippen LogP contribution in [0.25, 0.3) is 27.5 Å². The zero-order valence-corrected chi connectivity index (χ0v) is 20.5. The Labute approximate surface area is 203 Å². The highest BCUT2D eigenvalue weighted by molar-refractivity contribution is 8.01. The second kappa shape index (κ2) is 7.92. The summed E-state index contributed by atoms with van der Waals surface area (Å²) in [5.41, 5.74) is 6.01. The molecule has 2 aromatic heterocycles. The van der Waals surface area contributed by atoms with Crippen LogP contribution in [0.2, 0.25) is 10.0 Å². The molecule has 1 aliphatic heterocycles. The quantitative estimate of drug-likeness (QED) is 0.315. The Morgan fingerprint density at radius 1 is 1.12 bits per heavy atom. The first-order chi connectivity index (χ1) is 15.2. The van der Waals surface area contributed by atoms with E-state index in [2.05, 4.69) is 12.0 Å². The van der Waals surface area contributed by atoms with E-state index in [4.69, 9.17) is 28.2 Å². The SMILES string of the molecule is Cc1ccc(-c2c(C)nn(-c3nc4c(s3)SC(C)c3cc(Cl)c(Cl)cc3-4)c2C(=O)O)cc1. The molecule has 0 aliphatic carbocycles. The second-order valence-corrected chi connectivity index (χ2v) is 11.0. The fraction of sp³-hybridized carbons (Fsp3) is 0.174. The van der Waals surface area contributed by atoms with Crippen LogP contribution in [0.1, 0.15) is 39.5 Å².